The molecule has 1 N–H and O–H groups in total. The molecule has 0 spiro atoms. The highest BCUT2D eigenvalue weighted by atomic mass is 16.2. The lowest BCUT2D eigenvalue weighted by atomic mass is 9.86. The van der Waals surface area contributed by atoms with E-state index < -0.39 is 0 Å². The van der Waals surface area contributed by atoms with Crippen molar-refractivity contribution in [2.45, 2.75) is 39.0 Å². The quantitative estimate of drug-likeness (QED) is 0.821. The summed E-state index contributed by atoms with van der Waals surface area (Å²) in [5, 5.41) is 2.79. The number of rotatable bonds is 5. The van der Waals surface area contributed by atoms with Gasteiger partial charge >= 0.3 is 0 Å². The summed E-state index contributed by atoms with van der Waals surface area (Å²) in [5.74, 6) is -0.149. The molecule has 0 aromatic heterocycles. The zero-order valence-electron chi connectivity index (χ0n) is 13.9. The molecular weight excluding hydrogens is 286 g/mol. The lowest BCUT2D eigenvalue weighted by Gasteiger charge is -2.18. The topological polar surface area (TPSA) is 46.2 Å². The van der Waals surface area contributed by atoms with E-state index in [0.717, 1.165) is 5.69 Å². The molecule has 2 aromatic rings. The van der Waals surface area contributed by atoms with Crippen molar-refractivity contribution in [2.24, 2.45) is 0 Å². The number of benzene rings is 2. The van der Waals surface area contributed by atoms with Crippen LogP contribution in [0.1, 0.15) is 49.5 Å². The molecular formula is C20H23NO2. The normalized spacial score (nSPS) is 11.1. The van der Waals surface area contributed by atoms with Crippen LogP contribution < -0.4 is 5.32 Å². The third kappa shape index (κ3) is 5.06. The first-order valence-corrected chi connectivity index (χ1v) is 7.85. The standard InChI is InChI=1S/C20H23NO2/c1-20(2,3)16-11-9-15(10-12-16)18(22)13-14-19(23)21-17-7-5-4-6-8-17/h4-12H,13-14H2,1-3H3,(H,21,23). The van der Waals surface area contributed by atoms with Crippen LogP contribution in [0.5, 0.6) is 0 Å². The first kappa shape index (κ1) is 16.9. The van der Waals surface area contributed by atoms with Gasteiger partial charge in [0.15, 0.2) is 5.78 Å². The van der Waals surface area contributed by atoms with E-state index in [0.29, 0.717) is 5.56 Å². The summed E-state index contributed by atoms with van der Waals surface area (Å²) in [6, 6.07) is 16.9. The second-order valence-electron chi connectivity index (χ2n) is 6.66. The van der Waals surface area contributed by atoms with Crippen molar-refractivity contribution in [3.8, 4) is 0 Å². The number of para-hydroxylation sites is 1. The maximum absolute atomic E-state index is 12.2. The Balaban J connectivity index is 1.88. The van der Waals surface area contributed by atoms with Gasteiger partial charge in [-0.05, 0) is 23.1 Å². The number of Topliss-reactive ketones (excluding diaryl/α,β-unsaturated/α-hetero) is 1. The largest absolute Gasteiger partial charge is 0.326 e. The zero-order chi connectivity index (χ0) is 16.9. The van der Waals surface area contributed by atoms with Gasteiger partial charge in [-0.2, -0.15) is 0 Å². The van der Waals surface area contributed by atoms with E-state index in [-0.39, 0.29) is 29.9 Å². The van der Waals surface area contributed by atoms with Crippen LogP contribution in [0.2, 0.25) is 0 Å². The van der Waals surface area contributed by atoms with Gasteiger partial charge in [0.05, 0.1) is 0 Å². The van der Waals surface area contributed by atoms with Crippen LogP contribution in [0, 0.1) is 0 Å². The van der Waals surface area contributed by atoms with Crippen molar-refractivity contribution in [1.29, 1.82) is 0 Å². The van der Waals surface area contributed by atoms with Crippen LogP contribution in [-0.2, 0) is 10.2 Å². The van der Waals surface area contributed by atoms with Gasteiger partial charge < -0.3 is 5.32 Å². The molecule has 0 fully saturated rings. The number of carbonyl (C=O) groups is 2. The molecule has 0 atom stereocenters. The summed E-state index contributed by atoms with van der Waals surface area (Å²) < 4.78 is 0. The highest BCUT2D eigenvalue weighted by molar-refractivity contribution is 6.00. The monoisotopic (exact) mass is 309 g/mol. The summed E-state index contributed by atoms with van der Waals surface area (Å²) >= 11 is 0. The van der Waals surface area contributed by atoms with E-state index in [1.54, 1.807) is 0 Å². The van der Waals surface area contributed by atoms with Crippen LogP contribution in [0.25, 0.3) is 0 Å². The Morgan fingerprint density at radius 3 is 2.04 bits per heavy atom. The second-order valence-corrected chi connectivity index (χ2v) is 6.66. The minimum atomic E-state index is -0.143. The molecule has 0 aliphatic carbocycles. The highest BCUT2D eigenvalue weighted by Crippen LogP contribution is 2.22. The first-order chi connectivity index (χ1) is 10.9. The number of hydrogen-bond donors (Lipinski definition) is 1. The molecule has 23 heavy (non-hydrogen) atoms. The molecule has 0 radical (unpaired) electrons. The molecule has 0 heterocycles. The van der Waals surface area contributed by atoms with Gasteiger partial charge in [-0.15, -0.1) is 0 Å². The van der Waals surface area contributed by atoms with Crippen LogP contribution in [0.3, 0.4) is 0 Å². The molecule has 0 bridgehead atoms. The Bertz CT molecular complexity index is 667. The van der Waals surface area contributed by atoms with Crippen molar-refractivity contribution in [3.05, 3.63) is 65.7 Å². The van der Waals surface area contributed by atoms with Gasteiger partial charge in [-0.3, -0.25) is 9.59 Å². The van der Waals surface area contributed by atoms with Crippen LogP contribution in [0.4, 0.5) is 5.69 Å². The Morgan fingerprint density at radius 2 is 1.48 bits per heavy atom. The Kier molecular flexibility index (Phi) is 5.32. The maximum Gasteiger partial charge on any atom is 0.224 e. The summed E-state index contributed by atoms with van der Waals surface area (Å²) in [6.45, 7) is 6.41. The van der Waals surface area contributed by atoms with Crippen molar-refractivity contribution in [3.63, 3.8) is 0 Å². The minimum Gasteiger partial charge on any atom is -0.326 e. The molecule has 3 nitrogen and oxygen atoms in total. The molecule has 1 amide bonds. The Labute approximate surface area is 137 Å². The van der Waals surface area contributed by atoms with E-state index in [1.165, 1.54) is 5.56 Å². The highest BCUT2D eigenvalue weighted by Gasteiger charge is 2.15. The van der Waals surface area contributed by atoms with Gasteiger partial charge in [0.25, 0.3) is 0 Å². The van der Waals surface area contributed by atoms with Crippen LogP contribution in [0.15, 0.2) is 54.6 Å². The lowest BCUT2D eigenvalue weighted by Crippen LogP contribution is -2.14. The number of ketones is 1. The fraction of sp³-hybridized carbons (Fsp3) is 0.300. The number of hydrogen-bond acceptors (Lipinski definition) is 2. The number of nitrogens with one attached hydrogen (secondary N) is 1. The SMILES string of the molecule is CC(C)(C)c1ccc(C(=O)CCC(=O)Nc2ccccc2)cc1. The van der Waals surface area contributed by atoms with Gasteiger partial charge in [-0.1, -0.05) is 63.2 Å². The van der Waals surface area contributed by atoms with E-state index in [2.05, 4.69) is 26.1 Å². The fourth-order valence-corrected chi connectivity index (χ4v) is 2.27. The molecule has 120 valence electrons. The average molecular weight is 309 g/mol. The van der Waals surface area contributed by atoms with E-state index in [9.17, 15) is 9.59 Å². The molecule has 2 aromatic carbocycles. The predicted octanol–water partition coefficient (Wildman–Crippen LogP) is 4.59. The lowest BCUT2D eigenvalue weighted by molar-refractivity contribution is -0.116. The van der Waals surface area contributed by atoms with Gasteiger partial charge in [-0.25, -0.2) is 0 Å². The summed E-state index contributed by atoms with van der Waals surface area (Å²) in [5.41, 5.74) is 2.66. The fourth-order valence-electron chi connectivity index (χ4n) is 2.27. The molecule has 2 rings (SSSR count). The third-order valence-corrected chi connectivity index (χ3v) is 3.71. The minimum absolute atomic E-state index is 0.00586. The van der Waals surface area contributed by atoms with Gasteiger partial charge in [0.1, 0.15) is 0 Å². The van der Waals surface area contributed by atoms with Crippen molar-refractivity contribution >= 4 is 17.4 Å². The number of anilines is 1. The van der Waals surface area contributed by atoms with E-state index in [4.69, 9.17) is 0 Å². The number of carbonyl (C=O) groups excluding carboxylic acids is 2. The van der Waals surface area contributed by atoms with E-state index >= 15 is 0 Å². The van der Waals surface area contributed by atoms with Crippen molar-refractivity contribution in [2.75, 3.05) is 5.32 Å². The predicted molar refractivity (Wildman–Crippen MR) is 93.8 cm³/mol. The maximum atomic E-state index is 12.2. The van der Waals surface area contributed by atoms with Crippen LogP contribution >= 0.6 is 0 Å². The van der Waals surface area contributed by atoms with Crippen molar-refractivity contribution in [1.82, 2.24) is 0 Å². The van der Waals surface area contributed by atoms with E-state index in [1.807, 2.05) is 54.6 Å². The molecule has 0 aliphatic rings. The van der Waals surface area contributed by atoms with Crippen LogP contribution in [-0.4, -0.2) is 11.7 Å². The first-order valence-electron chi connectivity index (χ1n) is 7.85. The van der Waals surface area contributed by atoms with Gasteiger partial charge in [0.2, 0.25) is 5.91 Å². The summed E-state index contributed by atoms with van der Waals surface area (Å²) in [4.78, 5) is 24.1. The molecule has 0 saturated heterocycles. The molecule has 0 unspecified atom stereocenters. The smallest absolute Gasteiger partial charge is 0.224 e. The molecule has 3 heteroatoms. The zero-order valence-corrected chi connectivity index (χ0v) is 13.9. The second kappa shape index (κ2) is 7.23. The molecule has 0 aliphatic heterocycles. The van der Waals surface area contributed by atoms with Gasteiger partial charge in [0, 0.05) is 24.1 Å². The van der Waals surface area contributed by atoms with Crippen molar-refractivity contribution < 1.29 is 9.59 Å². The Hall–Kier alpha value is -2.42. The third-order valence-electron chi connectivity index (χ3n) is 3.71. The summed E-state index contributed by atoms with van der Waals surface area (Å²) in [7, 11) is 0. The number of amides is 1. The summed E-state index contributed by atoms with van der Waals surface area (Å²) in [6.07, 6.45) is 0.405. The Morgan fingerprint density at radius 1 is 0.870 bits per heavy atom. The average Bonchev–Trinajstić information content (AvgIpc) is 2.53. The molecule has 0 saturated carbocycles.